The van der Waals surface area contributed by atoms with Crippen LogP contribution in [0.1, 0.15) is 30.0 Å². The van der Waals surface area contributed by atoms with Gasteiger partial charge in [0.1, 0.15) is 5.69 Å². The minimum Gasteiger partial charge on any atom is -0.399 e. The Bertz CT molecular complexity index is 636. The summed E-state index contributed by atoms with van der Waals surface area (Å²) in [6.07, 6.45) is 0.801. The SMILES string of the molecule is CCc1cc(C(=O)Nc2cc(N)ccc2Br)n(CC)n1. The molecular weight excluding hydrogens is 320 g/mol. The van der Waals surface area contributed by atoms with Crippen molar-refractivity contribution in [2.45, 2.75) is 26.8 Å². The zero-order valence-electron chi connectivity index (χ0n) is 11.5. The molecule has 5 nitrogen and oxygen atoms in total. The van der Waals surface area contributed by atoms with Crippen molar-refractivity contribution in [2.24, 2.45) is 0 Å². The number of amides is 1. The molecule has 1 heterocycles. The van der Waals surface area contributed by atoms with Crippen LogP contribution in [0, 0.1) is 0 Å². The molecule has 1 aromatic heterocycles. The molecule has 20 heavy (non-hydrogen) atoms. The van der Waals surface area contributed by atoms with Gasteiger partial charge >= 0.3 is 0 Å². The van der Waals surface area contributed by atoms with Gasteiger partial charge in [-0.15, -0.1) is 0 Å². The van der Waals surface area contributed by atoms with Gasteiger partial charge in [-0.25, -0.2) is 0 Å². The predicted molar refractivity (Wildman–Crippen MR) is 83.8 cm³/mol. The van der Waals surface area contributed by atoms with E-state index < -0.39 is 0 Å². The van der Waals surface area contributed by atoms with Gasteiger partial charge in [-0.1, -0.05) is 6.92 Å². The third-order valence-electron chi connectivity index (χ3n) is 2.96. The molecule has 0 aliphatic rings. The first-order valence-corrected chi connectivity index (χ1v) is 7.27. The molecule has 0 saturated carbocycles. The monoisotopic (exact) mass is 336 g/mol. The molecule has 106 valence electrons. The Labute approximate surface area is 126 Å². The molecule has 0 atom stereocenters. The Hall–Kier alpha value is -1.82. The molecule has 0 unspecified atom stereocenters. The molecule has 0 aliphatic heterocycles. The van der Waals surface area contributed by atoms with Gasteiger partial charge in [0.2, 0.25) is 0 Å². The van der Waals surface area contributed by atoms with Crippen molar-refractivity contribution in [2.75, 3.05) is 11.1 Å². The van der Waals surface area contributed by atoms with Gasteiger partial charge in [-0.3, -0.25) is 9.48 Å². The van der Waals surface area contributed by atoms with Gasteiger partial charge in [0.25, 0.3) is 5.91 Å². The number of nitrogen functional groups attached to an aromatic ring is 1. The number of nitrogens with one attached hydrogen (secondary N) is 1. The number of hydrogen-bond donors (Lipinski definition) is 2. The molecule has 0 aliphatic carbocycles. The Morgan fingerprint density at radius 3 is 2.80 bits per heavy atom. The van der Waals surface area contributed by atoms with Crippen LogP contribution in [0.3, 0.4) is 0 Å². The summed E-state index contributed by atoms with van der Waals surface area (Å²) in [5.74, 6) is -0.189. The number of carbonyl (C=O) groups excluding carboxylic acids is 1. The second-order valence-electron chi connectivity index (χ2n) is 4.38. The van der Waals surface area contributed by atoms with E-state index in [0.29, 0.717) is 23.6 Å². The van der Waals surface area contributed by atoms with Gasteiger partial charge < -0.3 is 11.1 Å². The van der Waals surface area contributed by atoms with Crippen LogP contribution in [0.25, 0.3) is 0 Å². The Kier molecular flexibility index (Phi) is 4.44. The van der Waals surface area contributed by atoms with Gasteiger partial charge in [-0.2, -0.15) is 5.10 Å². The van der Waals surface area contributed by atoms with E-state index in [1.165, 1.54) is 0 Å². The third kappa shape index (κ3) is 3.01. The zero-order chi connectivity index (χ0) is 14.7. The summed E-state index contributed by atoms with van der Waals surface area (Å²) < 4.78 is 2.49. The summed E-state index contributed by atoms with van der Waals surface area (Å²) in [6, 6.07) is 7.11. The summed E-state index contributed by atoms with van der Waals surface area (Å²) in [7, 11) is 0. The standard InChI is InChI=1S/C14H17BrN4O/c1-3-10-8-13(19(4-2)18-10)14(20)17-12-7-9(16)5-6-11(12)15/h5-8H,3-4,16H2,1-2H3,(H,17,20). The maximum Gasteiger partial charge on any atom is 0.273 e. The molecular formula is C14H17BrN4O. The molecule has 3 N–H and O–H groups in total. The van der Waals surface area contributed by atoms with Crippen LogP contribution in [0.5, 0.6) is 0 Å². The van der Waals surface area contributed by atoms with Crippen molar-refractivity contribution in [1.82, 2.24) is 9.78 Å². The van der Waals surface area contributed by atoms with Crippen molar-refractivity contribution in [3.8, 4) is 0 Å². The molecule has 0 radical (unpaired) electrons. The van der Waals surface area contributed by atoms with Crippen molar-refractivity contribution in [3.63, 3.8) is 0 Å². The van der Waals surface area contributed by atoms with Gasteiger partial charge in [0.15, 0.2) is 0 Å². The number of halogens is 1. The minimum absolute atomic E-state index is 0.189. The van der Waals surface area contributed by atoms with Crippen LogP contribution in [0.15, 0.2) is 28.7 Å². The topological polar surface area (TPSA) is 72.9 Å². The van der Waals surface area contributed by atoms with Gasteiger partial charge in [0, 0.05) is 16.7 Å². The van der Waals surface area contributed by atoms with E-state index in [2.05, 4.69) is 26.3 Å². The van der Waals surface area contributed by atoms with Crippen molar-refractivity contribution >= 4 is 33.2 Å². The summed E-state index contributed by atoms with van der Waals surface area (Å²) in [5, 5.41) is 7.22. The van der Waals surface area contributed by atoms with E-state index in [-0.39, 0.29) is 5.91 Å². The second-order valence-corrected chi connectivity index (χ2v) is 5.24. The molecule has 0 bridgehead atoms. The number of nitrogens with two attached hydrogens (primary N) is 1. The number of benzene rings is 1. The highest BCUT2D eigenvalue weighted by Crippen LogP contribution is 2.25. The van der Waals surface area contributed by atoms with E-state index in [1.54, 1.807) is 22.9 Å². The van der Waals surface area contributed by atoms with E-state index in [1.807, 2.05) is 19.9 Å². The number of nitrogens with zero attached hydrogens (tertiary/aromatic N) is 2. The number of hydrogen-bond acceptors (Lipinski definition) is 3. The first kappa shape index (κ1) is 14.6. The smallest absolute Gasteiger partial charge is 0.273 e. The Balaban J connectivity index is 2.28. The lowest BCUT2D eigenvalue weighted by molar-refractivity contribution is 0.101. The average molecular weight is 337 g/mol. The summed E-state index contributed by atoms with van der Waals surface area (Å²) >= 11 is 3.39. The van der Waals surface area contributed by atoms with Crippen LogP contribution in [0.4, 0.5) is 11.4 Å². The maximum atomic E-state index is 12.4. The number of anilines is 2. The van der Waals surface area contributed by atoms with Crippen LogP contribution in [0.2, 0.25) is 0 Å². The average Bonchev–Trinajstić information content (AvgIpc) is 2.86. The van der Waals surface area contributed by atoms with Gasteiger partial charge in [0.05, 0.1) is 11.4 Å². The molecule has 0 fully saturated rings. The van der Waals surface area contributed by atoms with Crippen LogP contribution >= 0.6 is 15.9 Å². The largest absolute Gasteiger partial charge is 0.399 e. The highest BCUT2D eigenvalue weighted by molar-refractivity contribution is 9.10. The zero-order valence-corrected chi connectivity index (χ0v) is 13.1. The van der Waals surface area contributed by atoms with Crippen molar-refractivity contribution < 1.29 is 4.79 Å². The van der Waals surface area contributed by atoms with Crippen molar-refractivity contribution in [1.29, 1.82) is 0 Å². The molecule has 1 amide bonds. The first-order valence-electron chi connectivity index (χ1n) is 6.48. The Morgan fingerprint density at radius 2 is 2.15 bits per heavy atom. The quantitative estimate of drug-likeness (QED) is 0.842. The molecule has 0 spiro atoms. The molecule has 0 saturated heterocycles. The summed E-state index contributed by atoms with van der Waals surface area (Å²) in [4.78, 5) is 12.4. The van der Waals surface area contributed by atoms with E-state index in [0.717, 1.165) is 16.6 Å². The summed E-state index contributed by atoms with van der Waals surface area (Å²) in [5.41, 5.74) is 8.44. The highest BCUT2D eigenvalue weighted by Gasteiger charge is 2.15. The molecule has 6 heteroatoms. The fourth-order valence-electron chi connectivity index (χ4n) is 1.89. The molecule has 2 aromatic rings. The molecule has 2 rings (SSSR count). The number of aromatic nitrogens is 2. The fourth-order valence-corrected chi connectivity index (χ4v) is 2.24. The Morgan fingerprint density at radius 1 is 1.40 bits per heavy atom. The number of carbonyl (C=O) groups is 1. The van der Waals surface area contributed by atoms with Crippen LogP contribution in [-0.4, -0.2) is 15.7 Å². The van der Waals surface area contributed by atoms with E-state index in [4.69, 9.17) is 5.73 Å². The van der Waals surface area contributed by atoms with E-state index in [9.17, 15) is 4.79 Å². The van der Waals surface area contributed by atoms with E-state index >= 15 is 0 Å². The third-order valence-corrected chi connectivity index (χ3v) is 3.66. The summed E-state index contributed by atoms with van der Waals surface area (Å²) in [6.45, 7) is 4.62. The maximum absolute atomic E-state index is 12.4. The molecule has 1 aromatic carbocycles. The second kappa shape index (κ2) is 6.09. The van der Waals surface area contributed by atoms with Crippen LogP contribution in [-0.2, 0) is 13.0 Å². The number of rotatable bonds is 4. The first-order chi connectivity index (χ1) is 9.55. The normalized spacial score (nSPS) is 10.6. The fraction of sp³-hybridized carbons (Fsp3) is 0.286. The predicted octanol–water partition coefficient (Wildman–Crippen LogP) is 3.06. The lowest BCUT2D eigenvalue weighted by atomic mass is 10.2. The lowest BCUT2D eigenvalue weighted by Gasteiger charge is -2.09. The van der Waals surface area contributed by atoms with Crippen molar-refractivity contribution in [3.05, 3.63) is 40.1 Å². The minimum atomic E-state index is -0.189. The van der Waals surface area contributed by atoms with Gasteiger partial charge in [-0.05, 0) is 53.5 Å². The lowest BCUT2D eigenvalue weighted by Crippen LogP contribution is -2.17. The number of aryl methyl sites for hydroxylation is 2. The highest BCUT2D eigenvalue weighted by atomic mass is 79.9. The van der Waals surface area contributed by atoms with Crippen LogP contribution < -0.4 is 11.1 Å².